The molecule has 1 aliphatic heterocycles. The number of nitrogens with zero attached hydrogens (tertiary/aromatic N) is 4. The fraction of sp³-hybridized carbons (Fsp3) is 0.529. The Morgan fingerprint density at radius 1 is 1.21 bits per heavy atom. The van der Waals surface area contributed by atoms with Gasteiger partial charge in [-0.05, 0) is 25.5 Å². The molecule has 24 heavy (non-hydrogen) atoms. The van der Waals surface area contributed by atoms with E-state index in [1.54, 1.807) is 11.8 Å². The standard InChI is InChI=1S/C17H24N4O2S/c1-3-22-12-13-24-17-19-18-16(20-8-10-23-11-9-20)21(17)15-7-5-4-6-14(15)2/h4-7H,3,8-13H2,1-2H3. The third-order valence-corrected chi connectivity index (χ3v) is 4.82. The van der Waals surface area contributed by atoms with Crippen LogP contribution in [-0.2, 0) is 9.47 Å². The van der Waals surface area contributed by atoms with Crippen LogP contribution in [0.25, 0.3) is 5.69 Å². The molecule has 0 radical (unpaired) electrons. The molecule has 0 saturated carbocycles. The number of ether oxygens (including phenoxy) is 2. The van der Waals surface area contributed by atoms with Crippen LogP contribution >= 0.6 is 11.8 Å². The lowest BCUT2D eigenvalue weighted by atomic mass is 10.2. The molecule has 3 rings (SSSR count). The number of thioether (sulfide) groups is 1. The van der Waals surface area contributed by atoms with Gasteiger partial charge >= 0.3 is 0 Å². The van der Waals surface area contributed by atoms with Crippen LogP contribution in [-0.4, -0.2) is 60.0 Å². The second-order valence-electron chi connectivity index (χ2n) is 5.55. The van der Waals surface area contributed by atoms with E-state index in [0.717, 1.165) is 55.5 Å². The van der Waals surface area contributed by atoms with Crippen molar-refractivity contribution in [2.24, 2.45) is 0 Å². The van der Waals surface area contributed by atoms with Gasteiger partial charge in [0, 0.05) is 25.4 Å². The van der Waals surface area contributed by atoms with Crippen LogP contribution in [0.2, 0.25) is 0 Å². The van der Waals surface area contributed by atoms with Gasteiger partial charge < -0.3 is 14.4 Å². The van der Waals surface area contributed by atoms with Gasteiger partial charge in [0.05, 0.1) is 25.5 Å². The number of morpholine rings is 1. The van der Waals surface area contributed by atoms with Gasteiger partial charge in [-0.3, -0.25) is 4.57 Å². The number of aromatic nitrogens is 3. The summed E-state index contributed by atoms with van der Waals surface area (Å²) < 4.78 is 13.1. The van der Waals surface area contributed by atoms with E-state index in [2.05, 4.69) is 50.9 Å². The van der Waals surface area contributed by atoms with Gasteiger partial charge in [0.2, 0.25) is 5.95 Å². The van der Waals surface area contributed by atoms with Crippen LogP contribution in [0.15, 0.2) is 29.4 Å². The van der Waals surface area contributed by atoms with E-state index < -0.39 is 0 Å². The molecule has 0 bridgehead atoms. The van der Waals surface area contributed by atoms with Crippen molar-refractivity contribution in [3.8, 4) is 5.69 Å². The SMILES string of the molecule is CCOCCSc1nnc(N2CCOCC2)n1-c1ccccc1C. The molecule has 0 atom stereocenters. The van der Waals surface area contributed by atoms with E-state index in [1.165, 1.54) is 5.56 Å². The van der Waals surface area contributed by atoms with E-state index in [1.807, 2.05) is 6.92 Å². The second kappa shape index (κ2) is 8.50. The third kappa shape index (κ3) is 3.91. The largest absolute Gasteiger partial charge is 0.381 e. The predicted molar refractivity (Wildman–Crippen MR) is 96.3 cm³/mol. The van der Waals surface area contributed by atoms with E-state index in [-0.39, 0.29) is 0 Å². The zero-order valence-electron chi connectivity index (χ0n) is 14.3. The van der Waals surface area contributed by atoms with Crippen LogP contribution in [0.3, 0.4) is 0 Å². The average molecular weight is 348 g/mol. The van der Waals surface area contributed by atoms with Crippen LogP contribution in [0, 0.1) is 6.92 Å². The Bertz CT molecular complexity index is 656. The molecule has 0 N–H and O–H groups in total. The maximum absolute atomic E-state index is 5.47. The summed E-state index contributed by atoms with van der Waals surface area (Å²) >= 11 is 1.68. The fourth-order valence-corrected chi connectivity index (χ4v) is 3.48. The number of hydrogen-bond donors (Lipinski definition) is 0. The van der Waals surface area contributed by atoms with Crippen molar-refractivity contribution in [3.05, 3.63) is 29.8 Å². The van der Waals surface area contributed by atoms with E-state index >= 15 is 0 Å². The van der Waals surface area contributed by atoms with Crippen LogP contribution in [0.1, 0.15) is 12.5 Å². The summed E-state index contributed by atoms with van der Waals surface area (Å²) in [5.41, 5.74) is 2.33. The van der Waals surface area contributed by atoms with Gasteiger partial charge in [-0.2, -0.15) is 0 Å². The zero-order chi connectivity index (χ0) is 16.8. The fourth-order valence-electron chi connectivity index (χ4n) is 2.69. The lowest BCUT2D eigenvalue weighted by molar-refractivity contribution is 0.122. The molecular weight excluding hydrogens is 324 g/mol. The summed E-state index contributed by atoms with van der Waals surface area (Å²) in [5.74, 6) is 1.76. The van der Waals surface area contributed by atoms with E-state index in [9.17, 15) is 0 Å². The molecule has 2 heterocycles. The van der Waals surface area contributed by atoms with Crippen molar-refractivity contribution in [3.63, 3.8) is 0 Å². The Hall–Kier alpha value is -1.57. The summed E-state index contributed by atoms with van der Waals surface area (Å²) in [6, 6.07) is 8.35. The minimum atomic E-state index is 0.717. The predicted octanol–water partition coefficient (Wildman–Crippen LogP) is 2.54. The molecule has 1 aromatic heterocycles. The first kappa shape index (κ1) is 17.3. The van der Waals surface area contributed by atoms with Crippen molar-refractivity contribution in [2.75, 3.05) is 50.2 Å². The summed E-state index contributed by atoms with van der Waals surface area (Å²) in [7, 11) is 0. The highest BCUT2D eigenvalue weighted by Crippen LogP contribution is 2.28. The highest BCUT2D eigenvalue weighted by atomic mass is 32.2. The molecule has 6 nitrogen and oxygen atoms in total. The summed E-state index contributed by atoms with van der Waals surface area (Å²) in [6.07, 6.45) is 0. The molecule has 130 valence electrons. The normalized spacial score (nSPS) is 15.0. The lowest BCUT2D eigenvalue weighted by Gasteiger charge is -2.28. The molecule has 0 aliphatic carbocycles. The molecule has 1 aromatic carbocycles. The quantitative estimate of drug-likeness (QED) is 0.566. The highest BCUT2D eigenvalue weighted by molar-refractivity contribution is 7.99. The smallest absolute Gasteiger partial charge is 0.232 e. The summed E-state index contributed by atoms with van der Waals surface area (Å²) in [5, 5.41) is 9.83. The Kier molecular flexibility index (Phi) is 6.12. The van der Waals surface area contributed by atoms with E-state index in [0.29, 0.717) is 6.61 Å². The third-order valence-electron chi connectivity index (χ3n) is 3.93. The molecular formula is C17H24N4O2S. The molecule has 1 aliphatic rings. The number of aryl methyl sites for hydroxylation is 1. The van der Waals surface area contributed by atoms with Gasteiger partial charge in [0.1, 0.15) is 0 Å². The second-order valence-corrected chi connectivity index (χ2v) is 6.61. The lowest BCUT2D eigenvalue weighted by Crippen LogP contribution is -2.38. The zero-order valence-corrected chi connectivity index (χ0v) is 15.1. The Morgan fingerprint density at radius 2 is 2.00 bits per heavy atom. The Morgan fingerprint density at radius 3 is 2.75 bits per heavy atom. The van der Waals surface area contributed by atoms with Crippen LogP contribution in [0.4, 0.5) is 5.95 Å². The molecule has 0 spiro atoms. The maximum atomic E-state index is 5.47. The van der Waals surface area contributed by atoms with Gasteiger partial charge in [0.25, 0.3) is 0 Å². The molecule has 1 fully saturated rings. The molecule has 0 amide bonds. The van der Waals surface area contributed by atoms with Crippen LogP contribution < -0.4 is 4.90 Å². The summed E-state index contributed by atoms with van der Waals surface area (Å²) in [4.78, 5) is 2.25. The summed E-state index contributed by atoms with van der Waals surface area (Å²) in [6.45, 7) is 8.73. The number of benzene rings is 1. The van der Waals surface area contributed by atoms with Gasteiger partial charge in [-0.25, -0.2) is 0 Å². The van der Waals surface area contributed by atoms with Crippen molar-refractivity contribution in [1.29, 1.82) is 0 Å². The first-order valence-corrected chi connectivity index (χ1v) is 9.34. The van der Waals surface area contributed by atoms with Crippen molar-refractivity contribution >= 4 is 17.7 Å². The average Bonchev–Trinajstić information content (AvgIpc) is 3.03. The highest BCUT2D eigenvalue weighted by Gasteiger charge is 2.22. The number of anilines is 1. The van der Waals surface area contributed by atoms with Gasteiger partial charge in [-0.1, -0.05) is 30.0 Å². The Labute approximate surface area is 147 Å². The van der Waals surface area contributed by atoms with Crippen molar-refractivity contribution < 1.29 is 9.47 Å². The Balaban J connectivity index is 1.91. The minimum Gasteiger partial charge on any atom is -0.381 e. The monoisotopic (exact) mass is 348 g/mol. The molecule has 1 saturated heterocycles. The number of para-hydroxylation sites is 1. The molecule has 0 unspecified atom stereocenters. The molecule has 7 heteroatoms. The van der Waals surface area contributed by atoms with Gasteiger partial charge in [-0.15, -0.1) is 10.2 Å². The minimum absolute atomic E-state index is 0.717. The number of rotatable bonds is 7. The number of hydrogen-bond acceptors (Lipinski definition) is 6. The first-order valence-electron chi connectivity index (χ1n) is 8.36. The van der Waals surface area contributed by atoms with Crippen molar-refractivity contribution in [2.45, 2.75) is 19.0 Å². The van der Waals surface area contributed by atoms with E-state index in [4.69, 9.17) is 9.47 Å². The van der Waals surface area contributed by atoms with Crippen LogP contribution in [0.5, 0.6) is 0 Å². The van der Waals surface area contributed by atoms with Gasteiger partial charge in [0.15, 0.2) is 5.16 Å². The van der Waals surface area contributed by atoms with Crippen molar-refractivity contribution in [1.82, 2.24) is 14.8 Å². The topological polar surface area (TPSA) is 52.4 Å². The molecule has 2 aromatic rings. The first-order chi connectivity index (χ1) is 11.8. The maximum Gasteiger partial charge on any atom is 0.232 e.